The first-order chi connectivity index (χ1) is 7.99. The summed E-state index contributed by atoms with van der Waals surface area (Å²) in [6.07, 6.45) is 0. The molecule has 0 aliphatic rings. The van der Waals surface area contributed by atoms with Crippen LogP contribution in [0.15, 0.2) is 28.7 Å². The minimum absolute atomic E-state index is 0.512. The summed E-state index contributed by atoms with van der Waals surface area (Å²) in [6, 6.07) is 4.96. The minimum atomic E-state index is -0.893. The number of halogens is 2. The zero-order chi connectivity index (χ0) is 12.6. The Morgan fingerprint density at radius 1 is 1.12 bits per heavy atom. The van der Waals surface area contributed by atoms with Crippen molar-refractivity contribution in [2.45, 2.75) is 19.9 Å². The third kappa shape index (κ3) is 2.22. The lowest BCUT2D eigenvalue weighted by Gasteiger charge is -2.11. The molecule has 0 aliphatic carbocycles. The molecule has 0 radical (unpaired) electrons. The number of rotatable bonds is 2. The maximum atomic E-state index is 13.1. The SMILES string of the molecule is Cc1cc(C(N)c2ccc(F)c(F)c2)c(C)o1. The smallest absolute Gasteiger partial charge is 0.159 e. The zero-order valence-electron chi connectivity index (χ0n) is 9.63. The van der Waals surface area contributed by atoms with Crippen LogP contribution >= 0.6 is 0 Å². The summed E-state index contributed by atoms with van der Waals surface area (Å²) < 4.78 is 31.3. The van der Waals surface area contributed by atoms with Crippen LogP contribution in [-0.2, 0) is 0 Å². The van der Waals surface area contributed by atoms with Crippen LogP contribution in [0.3, 0.4) is 0 Å². The van der Waals surface area contributed by atoms with E-state index in [4.69, 9.17) is 10.2 Å². The van der Waals surface area contributed by atoms with Crippen molar-refractivity contribution in [3.05, 3.63) is 58.5 Å². The van der Waals surface area contributed by atoms with Crippen molar-refractivity contribution in [3.8, 4) is 0 Å². The van der Waals surface area contributed by atoms with Gasteiger partial charge in [0.25, 0.3) is 0 Å². The van der Waals surface area contributed by atoms with Gasteiger partial charge in [-0.2, -0.15) is 0 Å². The molecule has 1 atom stereocenters. The Kier molecular flexibility index (Phi) is 2.98. The molecule has 1 aromatic carbocycles. The number of aryl methyl sites for hydroxylation is 2. The van der Waals surface area contributed by atoms with E-state index in [0.29, 0.717) is 11.3 Å². The third-order valence-corrected chi connectivity index (χ3v) is 2.72. The van der Waals surface area contributed by atoms with Gasteiger partial charge in [0, 0.05) is 5.56 Å². The second-order valence-corrected chi connectivity index (χ2v) is 4.02. The van der Waals surface area contributed by atoms with Crippen molar-refractivity contribution < 1.29 is 13.2 Å². The molecule has 90 valence electrons. The summed E-state index contributed by atoms with van der Waals surface area (Å²) in [5.41, 5.74) is 7.31. The van der Waals surface area contributed by atoms with E-state index in [1.807, 2.05) is 6.92 Å². The Balaban J connectivity index is 2.40. The standard InChI is InChI=1S/C13H13F2NO/c1-7-5-10(8(2)17-7)13(16)9-3-4-11(14)12(15)6-9/h3-6,13H,16H2,1-2H3. The van der Waals surface area contributed by atoms with Gasteiger partial charge >= 0.3 is 0 Å². The van der Waals surface area contributed by atoms with Crippen LogP contribution in [0.2, 0.25) is 0 Å². The van der Waals surface area contributed by atoms with E-state index in [-0.39, 0.29) is 0 Å². The molecule has 0 amide bonds. The largest absolute Gasteiger partial charge is 0.466 e. The molecule has 4 heteroatoms. The summed E-state index contributed by atoms with van der Waals surface area (Å²) in [4.78, 5) is 0. The van der Waals surface area contributed by atoms with E-state index >= 15 is 0 Å². The molecule has 0 bridgehead atoms. The van der Waals surface area contributed by atoms with Gasteiger partial charge in [0.15, 0.2) is 11.6 Å². The molecule has 17 heavy (non-hydrogen) atoms. The summed E-state index contributed by atoms with van der Waals surface area (Å²) >= 11 is 0. The van der Waals surface area contributed by atoms with Gasteiger partial charge in [-0.15, -0.1) is 0 Å². The van der Waals surface area contributed by atoms with Crippen molar-refractivity contribution in [2.24, 2.45) is 5.73 Å². The van der Waals surface area contributed by atoms with Crippen LogP contribution in [0, 0.1) is 25.5 Å². The Morgan fingerprint density at radius 3 is 2.35 bits per heavy atom. The van der Waals surface area contributed by atoms with Crippen LogP contribution in [0.4, 0.5) is 8.78 Å². The van der Waals surface area contributed by atoms with Crippen molar-refractivity contribution >= 4 is 0 Å². The average molecular weight is 237 g/mol. The van der Waals surface area contributed by atoms with Crippen LogP contribution < -0.4 is 5.73 Å². The highest BCUT2D eigenvalue weighted by atomic mass is 19.2. The topological polar surface area (TPSA) is 39.2 Å². The molecule has 0 fully saturated rings. The summed E-state index contributed by atoms with van der Waals surface area (Å²) in [5, 5.41) is 0. The quantitative estimate of drug-likeness (QED) is 0.871. The van der Waals surface area contributed by atoms with Crippen molar-refractivity contribution in [1.29, 1.82) is 0 Å². The predicted molar refractivity (Wildman–Crippen MR) is 60.6 cm³/mol. The monoisotopic (exact) mass is 237 g/mol. The molecule has 1 heterocycles. The van der Waals surface area contributed by atoms with Gasteiger partial charge < -0.3 is 10.2 Å². The maximum Gasteiger partial charge on any atom is 0.159 e. The Morgan fingerprint density at radius 2 is 1.82 bits per heavy atom. The fourth-order valence-corrected chi connectivity index (χ4v) is 1.84. The van der Waals surface area contributed by atoms with E-state index in [9.17, 15) is 8.78 Å². The molecule has 2 rings (SSSR count). The fraction of sp³-hybridized carbons (Fsp3) is 0.231. The highest BCUT2D eigenvalue weighted by Gasteiger charge is 2.16. The highest BCUT2D eigenvalue weighted by molar-refractivity contribution is 5.34. The van der Waals surface area contributed by atoms with Crippen LogP contribution in [0.25, 0.3) is 0 Å². The molecular formula is C13H13F2NO. The molecule has 0 spiro atoms. The van der Waals surface area contributed by atoms with Gasteiger partial charge in [0.1, 0.15) is 11.5 Å². The predicted octanol–water partition coefficient (Wildman–Crippen LogP) is 3.22. The molecule has 0 aliphatic heterocycles. The molecule has 1 unspecified atom stereocenters. The average Bonchev–Trinajstić information content (AvgIpc) is 2.61. The van der Waals surface area contributed by atoms with E-state index in [0.717, 1.165) is 23.5 Å². The van der Waals surface area contributed by atoms with Gasteiger partial charge in [0.2, 0.25) is 0 Å². The number of nitrogens with two attached hydrogens (primary N) is 1. The molecule has 0 saturated heterocycles. The zero-order valence-corrected chi connectivity index (χ0v) is 9.63. The fourth-order valence-electron chi connectivity index (χ4n) is 1.84. The molecule has 2 aromatic rings. The van der Waals surface area contributed by atoms with Crippen molar-refractivity contribution in [3.63, 3.8) is 0 Å². The van der Waals surface area contributed by atoms with Crippen LogP contribution in [0.1, 0.15) is 28.7 Å². The van der Waals surface area contributed by atoms with E-state index < -0.39 is 17.7 Å². The Labute approximate surface area is 98.0 Å². The second-order valence-electron chi connectivity index (χ2n) is 4.02. The number of furan rings is 1. The second kappa shape index (κ2) is 4.30. The van der Waals surface area contributed by atoms with Crippen molar-refractivity contribution in [2.75, 3.05) is 0 Å². The summed E-state index contributed by atoms with van der Waals surface area (Å²) in [6.45, 7) is 3.61. The number of hydrogen-bond acceptors (Lipinski definition) is 2. The lowest BCUT2D eigenvalue weighted by Crippen LogP contribution is -2.12. The lowest BCUT2D eigenvalue weighted by atomic mass is 10.00. The normalized spacial score (nSPS) is 12.8. The van der Waals surface area contributed by atoms with Gasteiger partial charge in [-0.05, 0) is 37.6 Å². The molecule has 1 aromatic heterocycles. The first-order valence-corrected chi connectivity index (χ1v) is 5.26. The first-order valence-electron chi connectivity index (χ1n) is 5.26. The van der Waals surface area contributed by atoms with Gasteiger partial charge in [-0.3, -0.25) is 0 Å². The highest BCUT2D eigenvalue weighted by Crippen LogP contribution is 2.26. The minimum Gasteiger partial charge on any atom is -0.466 e. The van der Waals surface area contributed by atoms with Gasteiger partial charge in [-0.25, -0.2) is 8.78 Å². The number of hydrogen-bond donors (Lipinski definition) is 1. The van der Waals surface area contributed by atoms with Crippen LogP contribution in [-0.4, -0.2) is 0 Å². The van der Waals surface area contributed by atoms with Gasteiger partial charge in [0.05, 0.1) is 6.04 Å². The van der Waals surface area contributed by atoms with E-state index in [1.165, 1.54) is 6.07 Å². The molecule has 2 N–H and O–H groups in total. The third-order valence-electron chi connectivity index (χ3n) is 2.72. The van der Waals surface area contributed by atoms with Crippen LogP contribution in [0.5, 0.6) is 0 Å². The Hall–Kier alpha value is -1.68. The number of benzene rings is 1. The van der Waals surface area contributed by atoms with E-state index in [2.05, 4.69) is 0 Å². The first kappa shape index (κ1) is 11.8. The molecule has 0 saturated carbocycles. The maximum absolute atomic E-state index is 13.1. The Bertz CT molecular complexity index is 548. The summed E-state index contributed by atoms with van der Waals surface area (Å²) in [5.74, 6) is -0.327. The lowest BCUT2D eigenvalue weighted by molar-refractivity contribution is 0.498. The van der Waals surface area contributed by atoms with Crippen molar-refractivity contribution in [1.82, 2.24) is 0 Å². The van der Waals surface area contributed by atoms with Gasteiger partial charge in [-0.1, -0.05) is 6.07 Å². The molecular weight excluding hydrogens is 224 g/mol. The molecule has 2 nitrogen and oxygen atoms in total. The summed E-state index contributed by atoms with van der Waals surface area (Å²) in [7, 11) is 0. The van der Waals surface area contributed by atoms with E-state index in [1.54, 1.807) is 13.0 Å².